The van der Waals surface area contributed by atoms with E-state index >= 15 is 0 Å². The van der Waals surface area contributed by atoms with E-state index in [2.05, 4.69) is 9.97 Å². The molecule has 1 saturated heterocycles. The second-order valence-corrected chi connectivity index (χ2v) is 8.03. The van der Waals surface area contributed by atoms with Crippen molar-refractivity contribution in [3.63, 3.8) is 0 Å². The van der Waals surface area contributed by atoms with Gasteiger partial charge in [0, 0.05) is 36.4 Å². The zero-order valence-corrected chi connectivity index (χ0v) is 16.6. The van der Waals surface area contributed by atoms with E-state index in [0.717, 1.165) is 10.8 Å². The summed E-state index contributed by atoms with van der Waals surface area (Å²) in [4.78, 5) is 34.1. The van der Waals surface area contributed by atoms with Gasteiger partial charge in [0.1, 0.15) is 6.61 Å². The van der Waals surface area contributed by atoms with E-state index in [9.17, 15) is 9.59 Å². The molecule has 144 valence electrons. The number of hydrogen-bond acceptors (Lipinski definition) is 8. The fourth-order valence-corrected chi connectivity index (χ4v) is 4.55. The van der Waals surface area contributed by atoms with E-state index in [1.165, 1.54) is 23.1 Å². The number of pyridine rings is 1. The average molecular weight is 408 g/mol. The molecule has 3 heterocycles. The lowest BCUT2D eigenvalue weighted by molar-refractivity contribution is -0.129. The van der Waals surface area contributed by atoms with Crippen molar-refractivity contribution in [1.29, 1.82) is 0 Å². The van der Waals surface area contributed by atoms with Gasteiger partial charge in [0.15, 0.2) is 10.0 Å². The van der Waals surface area contributed by atoms with Crippen molar-refractivity contribution in [2.75, 3.05) is 25.5 Å². The van der Waals surface area contributed by atoms with Gasteiger partial charge in [0.05, 0.1) is 12.6 Å². The predicted molar refractivity (Wildman–Crippen MR) is 103 cm³/mol. The summed E-state index contributed by atoms with van der Waals surface area (Å²) in [5.41, 5.74) is 0.336. The Labute approximate surface area is 166 Å². The van der Waals surface area contributed by atoms with Crippen LogP contribution < -0.4 is 4.74 Å². The monoisotopic (exact) mass is 407 g/mol. The van der Waals surface area contributed by atoms with Crippen LogP contribution in [0.15, 0.2) is 34.1 Å². The highest BCUT2D eigenvalue weighted by molar-refractivity contribution is 8.01. The van der Waals surface area contributed by atoms with Gasteiger partial charge >= 0.3 is 5.97 Å². The molecule has 0 radical (unpaired) electrons. The lowest BCUT2D eigenvalue weighted by atomic mass is 10.2. The average Bonchev–Trinajstić information content (AvgIpc) is 3.29. The van der Waals surface area contributed by atoms with Crippen LogP contribution in [0.25, 0.3) is 0 Å². The molecular formula is C18H21N3O4S2. The van der Waals surface area contributed by atoms with E-state index in [-0.39, 0.29) is 11.9 Å². The Bertz CT molecular complexity index is 769. The minimum Gasteiger partial charge on any atom is -0.475 e. The number of esters is 1. The highest BCUT2D eigenvalue weighted by atomic mass is 32.2. The number of carbonyl (C=O) groups excluding carboxylic acids is 2. The third-order valence-corrected chi connectivity index (χ3v) is 6.04. The number of thiazole rings is 1. The predicted octanol–water partition coefficient (Wildman–Crippen LogP) is 2.88. The minimum atomic E-state index is -0.401. The zero-order valence-electron chi connectivity index (χ0n) is 15.0. The van der Waals surface area contributed by atoms with E-state index < -0.39 is 5.97 Å². The maximum atomic E-state index is 12.2. The van der Waals surface area contributed by atoms with Crippen molar-refractivity contribution in [2.24, 2.45) is 0 Å². The Balaban J connectivity index is 1.47. The maximum Gasteiger partial charge on any atom is 0.357 e. The van der Waals surface area contributed by atoms with Crippen LogP contribution >= 0.6 is 23.1 Å². The molecule has 0 spiro atoms. The van der Waals surface area contributed by atoms with Crippen molar-refractivity contribution >= 4 is 35.0 Å². The molecule has 27 heavy (non-hydrogen) atoms. The van der Waals surface area contributed by atoms with Gasteiger partial charge in [-0.05, 0) is 19.4 Å². The first-order chi connectivity index (χ1) is 13.2. The van der Waals surface area contributed by atoms with Gasteiger partial charge in [-0.1, -0.05) is 17.8 Å². The Hall–Kier alpha value is -2.13. The number of thioether (sulfide) groups is 1. The van der Waals surface area contributed by atoms with E-state index in [1.807, 2.05) is 17.0 Å². The maximum absolute atomic E-state index is 12.2. The molecule has 1 unspecified atom stereocenters. The Kier molecular flexibility index (Phi) is 7.05. The molecule has 2 aromatic heterocycles. The van der Waals surface area contributed by atoms with Crippen LogP contribution in [0.2, 0.25) is 0 Å². The molecule has 1 amide bonds. The van der Waals surface area contributed by atoms with Crippen LogP contribution in [0.4, 0.5) is 0 Å². The van der Waals surface area contributed by atoms with Crippen molar-refractivity contribution in [1.82, 2.24) is 14.9 Å². The standard InChI is InChI=1S/C18H21N3O4S2/c1-2-24-17(23)14-12-27-18(20-14)26-10-9-21-13(6-7-16(21)22)11-25-15-5-3-4-8-19-15/h3-5,8,12-13H,2,6-7,9-11H2,1H3. The lowest BCUT2D eigenvalue weighted by Crippen LogP contribution is -2.38. The lowest BCUT2D eigenvalue weighted by Gasteiger charge is -2.24. The molecule has 1 aliphatic heterocycles. The summed E-state index contributed by atoms with van der Waals surface area (Å²) >= 11 is 2.94. The molecule has 0 bridgehead atoms. The number of likely N-dealkylation sites (tertiary alicyclic amines) is 1. The Morgan fingerprint density at radius 3 is 3.11 bits per heavy atom. The fourth-order valence-electron chi connectivity index (χ4n) is 2.74. The number of hydrogen-bond donors (Lipinski definition) is 0. The summed E-state index contributed by atoms with van der Waals surface area (Å²) in [5, 5.41) is 1.70. The molecule has 7 nitrogen and oxygen atoms in total. The molecule has 0 N–H and O–H groups in total. The van der Waals surface area contributed by atoms with Gasteiger partial charge < -0.3 is 14.4 Å². The quantitative estimate of drug-likeness (QED) is 0.467. The molecule has 1 atom stereocenters. The van der Waals surface area contributed by atoms with Crippen molar-refractivity contribution in [3.05, 3.63) is 35.5 Å². The summed E-state index contributed by atoms with van der Waals surface area (Å²) in [6.07, 6.45) is 3.02. The fraction of sp³-hybridized carbons (Fsp3) is 0.444. The summed E-state index contributed by atoms with van der Waals surface area (Å²) < 4.78 is 11.5. The first kappa shape index (κ1) is 19.6. The van der Waals surface area contributed by atoms with Crippen LogP contribution in [-0.4, -0.2) is 58.3 Å². The van der Waals surface area contributed by atoms with Crippen molar-refractivity contribution < 1.29 is 19.1 Å². The zero-order chi connectivity index (χ0) is 19.1. The van der Waals surface area contributed by atoms with Gasteiger partial charge in [-0.15, -0.1) is 11.3 Å². The highest BCUT2D eigenvalue weighted by Crippen LogP contribution is 2.25. The molecule has 1 fully saturated rings. The van der Waals surface area contributed by atoms with E-state index in [1.54, 1.807) is 24.6 Å². The van der Waals surface area contributed by atoms with Crippen LogP contribution in [0.3, 0.4) is 0 Å². The third-order valence-electron chi connectivity index (χ3n) is 4.04. The normalized spacial score (nSPS) is 16.6. The minimum absolute atomic E-state index is 0.0616. The molecule has 2 aromatic rings. The summed E-state index contributed by atoms with van der Waals surface area (Å²) in [5.74, 6) is 1.03. The van der Waals surface area contributed by atoms with Gasteiger partial charge in [-0.25, -0.2) is 14.8 Å². The van der Waals surface area contributed by atoms with Crippen molar-refractivity contribution in [2.45, 2.75) is 30.1 Å². The van der Waals surface area contributed by atoms with Crippen LogP contribution in [-0.2, 0) is 9.53 Å². The van der Waals surface area contributed by atoms with E-state index in [0.29, 0.717) is 43.5 Å². The highest BCUT2D eigenvalue weighted by Gasteiger charge is 2.31. The van der Waals surface area contributed by atoms with Crippen LogP contribution in [0.1, 0.15) is 30.3 Å². The van der Waals surface area contributed by atoms with Crippen molar-refractivity contribution in [3.8, 4) is 5.88 Å². The van der Waals surface area contributed by atoms with Crippen LogP contribution in [0, 0.1) is 0 Å². The number of aromatic nitrogens is 2. The molecule has 9 heteroatoms. The topological polar surface area (TPSA) is 81.6 Å². The van der Waals surface area contributed by atoms with Gasteiger partial charge in [-0.2, -0.15) is 0 Å². The number of rotatable bonds is 9. The Morgan fingerprint density at radius 1 is 1.44 bits per heavy atom. The summed E-state index contributed by atoms with van der Waals surface area (Å²) in [6.45, 7) is 3.16. The molecule has 0 saturated carbocycles. The first-order valence-corrected chi connectivity index (χ1v) is 10.6. The van der Waals surface area contributed by atoms with Gasteiger partial charge in [0.25, 0.3) is 0 Å². The number of ether oxygens (including phenoxy) is 2. The number of nitrogens with zero attached hydrogens (tertiary/aromatic N) is 3. The molecule has 1 aliphatic rings. The molecule has 3 rings (SSSR count). The molecule has 0 aliphatic carbocycles. The molecule has 0 aromatic carbocycles. The number of carbonyl (C=O) groups is 2. The van der Waals surface area contributed by atoms with Gasteiger partial charge in [0.2, 0.25) is 11.8 Å². The van der Waals surface area contributed by atoms with E-state index in [4.69, 9.17) is 9.47 Å². The smallest absolute Gasteiger partial charge is 0.357 e. The Morgan fingerprint density at radius 2 is 2.33 bits per heavy atom. The summed E-state index contributed by atoms with van der Waals surface area (Å²) in [7, 11) is 0. The number of amides is 1. The van der Waals surface area contributed by atoms with Crippen LogP contribution in [0.5, 0.6) is 5.88 Å². The largest absolute Gasteiger partial charge is 0.475 e. The second kappa shape index (κ2) is 9.70. The summed E-state index contributed by atoms with van der Waals surface area (Å²) in [6, 6.07) is 5.57. The third kappa shape index (κ3) is 5.43. The SMILES string of the molecule is CCOC(=O)c1csc(SCCN2C(=O)CCC2COc2ccccn2)n1. The molecular weight excluding hydrogens is 386 g/mol. The van der Waals surface area contributed by atoms with Gasteiger partial charge in [-0.3, -0.25) is 4.79 Å². The second-order valence-electron chi connectivity index (χ2n) is 5.83. The first-order valence-electron chi connectivity index (χ1n) is 8.76.